The zero-order valence-electron chi connectivity index (χ0n) is 16.4. The van der Waals surface area contributed by atoms with E-state index in [4.69, 9.17) is 0 Å². The van der Waals surface area contributed by atoms with Gasteiger partial charge in [0.2, 0.25) is 0 Å². The van der Waals surface area contributed by atoms with Crippen molar-refractivity contribution in [2.24, 2.45) is 5.92 Å². The third-order valence-corrected chi connectivity index (χ3v) is 3.93. The summed E-state index contributed by atoms with van der Waals surface area (Å²) in [6.45, 7) is 0.981. The minimum absolute atomic E-state index is 0.356. The lowest BCUT2D eigenvalue weighted by molar-refractivity contribution is -0.583. The summed E-state index contributed by atoms with van der Waals surface area (Å²) in [5, 5.41) is 0. The molecule has 1 rings (SSSR count). The maximum absolute atomic E-state index is 14.2. The van der Waals surface area contributed by atoms with Crippen LogP contribution in [0.3, 0.4) is 0 Å². The summed E-state index contributed by atoms with van der Waals surface area (Å²) < 4.78 is 241. The van der Waals surface area contributed by atoms with Crippen molar-refractivity contribution in [2.45, 2.75) is 68.1 Å². The highest BCUT2D eigenvalue weighted by Crippen LogP contribution is 2.59. The van der Waals surface area contributed by atoms with Gasteiger partial charge in [0, 0.05) is 12.3 Å². The molecule has 0 aliphatic heterocycles. The largest absolute Gasteiger partial charge is 0.527 e. The Morgan fingerprint density at radius 2 is 0.917 bits per heavy atom. The lowest BCUT2D eigenvalue weighted by Crippen LogP contribution is -2.67. The Balaban J connectivity index is 3.20. The van der Waals surface area contributed by atoms with E-state index in [1.165, 1.54) is 9.47 Å². The standard InChI is InChI=1S/C14H8F18O4/c1-2-3-5-4-6(15,16)7(5,17)33-8(18,19)9(20,21)34-10(22,23)11(24,25)35-12(26,27)13(28,29)36-14(30,31)32/h2-3,5H,4H2,1H3/b3-2+. The van der Waals surface area contributed by atoms with Crippen LogP contribution in [0.5, 0.6) is 0 Å². The molecule has 0 radical (unpaired) electrons. The number of halogens is 18. The molecule has 1 aliphatic rings. The van der Waals surface area contributed by atoms with Gasteiger partial charge in [0.05, 0.1) is 0 Å². The average Bonchev–Trinajstić information content (AvgIpc) is 2.56. The second-order valence-corrected chi connectivity index (χ2v) is 6.64. The Labute approximate surface area is 185 Å². The molecule has 0 aromatic carbocycles. The fourth-order valence-corrected chi connectivity index (χ4v) is 2.27. The van der Waals surface area contributed by atoms with Crippen LogP contribution in [0.15, 0.2) is 12.2 Å². The summed E-state index contributed by atoms with van der Waals surface area (Å²) in [4.78, 5) is 0. The van der Waals surface area contributed by atoms with Crippen molar-refractivity contribution in [3.8, 4) is 0 Å². The third-order valence-electron chi connectivity index (χ3n) is 3.93. The molecule has 2 unspecified atom stereocenters. The van der Waals surface area contributed by atoms with Crippen LogP contribution in [0.2, 0.25) is 0 Å². The molecule has 214 valence electrons. The molecule has 0 saturated heterocycles. The van der Waals surface area contributed by atoms with Gasteiger partial charge in [-0.2, -0.15) is 52.7 Å². The van der Waals surface area contributed by atoms with E-state index < -0.39 is 67.1 Å². The highest BCUT2D eigenvalue weighted by Gasteiger charge is 2.80. The zero-order chi connectivity index (χ0) is 29.0. The van der Waals surface area contributed by atoms with Gasteiger partial charge < -0.3 is 0 Å². The number of rotatable bonds is 11. The summed E-state index contributed by atoms with van der Waals surface area (Å²) in [5.74, 6) is -12.5. The third kappa shape index (κ3) is 6.06. The van der Waals surface area contributed by atoms with E-state index in [2.05, 4.69) is 4.74 Å². The van der Waals surface area contributed by atoms with Gasteiger partial charge >= 0.3 is 48.9 Å². The second-order valence-electron chi connectivity index (χ2n) is 6.64. The molecule has 0 N–H and O–H groups in total. The lowest BCUT2D eigenvalue weighted by atomic mass is 9.75. The van der Waals surface area contributed by atoms with Gasteiger partial charge in [-0.3, -0.25) is 4.74 Å². The molecule has 0 spiro atoms. The van der Waals surface area contributed by atoms with Gasteiger partial charge in [0.15, 0.2) is 0 Å². The molecule has 1 saturated carbocycles. The quantitative estimate of drug-likeness (QED) is 0.194. The molecule has 1 fully saturated rings. The van der Waals surface area contributed by atoms with E-state index in [0.717, 1.165) is 13.0 Å². The van der Waals surface area contributed by atoms with E-state index in [-0.39, 0.29) is 0 Å². The molecule has 2 atom stereocenters. The van der Waals surface area contributed by atoms with Crippen molar-refractivity contribution < 1.29 is 98.0 Å². The molecule has 0 amide bonds. The molecule has 1 aliphatic carbocycles. The van der Waals surface area contributed by atoms with Crippen LogP contribution in [0.1, 0.15) is 13.3 Å². The highest BCUT2D eigenvalue weighted by molar-refractivity contribution is 5.12. The summed E-state index contributed by atoms with van der Waals surface area (Å²) in [7, 11) is 0. The summed E-state index contributed by atoms with van der Waals surface area (Å²) >= 11 is 0. The van der Waals surface area contributed by atoms with Crippen LogP contribution in [0.4, 0.5) is 79.0 Å². The molecular weight excluding hydrogens is 574 g/mol. The summed E-state index contributed by atoms with van der Waals surface area (Å²) in [5.41, 5.74) is 0. The molecule has 0 aromatic heterocycles. The van der Waals surface area contributed by atoms with E-state index >= 15 is 0 Å². The van der Waals surface area contributed by atoms with Gasteiger partial charge in [0.1, 0.15) is 0 Å². The first-order chi connectivity index (χ1) is 15.5. The first kappa shape index (κ1) is 32.3. The van der Waals surface area contributed by atoms with Crippen molar-refractivity contribution in [3.63, 3.8) is 0 Å². The second kappa shape index (κ2) is 8.96. The zero-order valence-corrected chi connectivity index (χ0v) is 16.4. The highest BCUT2D eigenvalue weighted by atomic mass is 19.4. The van der Waals surface area contributed by atoms with Crippen LogP contribution >= 0.6 is 0 Å². The molecular formula is C14H8F18O4. The maximum Gasteiger partial charge on any atom is 0.527 e. The lowest BCUT2D eigenvalue weighted by Gasteiger charge is -2.49. The SMILES string of the molecule is C/C=C/C1CC(F)(F)C1(F)OC(F)(F)C(F)(F)OC(F)(F)C(F)(F)OC(F)(F)C(F)(F)OC(F)(F)F. The Hall–Kier alpha value is -1.68. The average molecular weight is 582 g/mol. The molecule has 0 heterocycles. The summed E-state index contributed by atoms with van der Waals surface area (Å²) in [6, 6.07) is 0. The molecule has 36 heavy (non-hydrogen) atoms. The number of alkyl halides is 18. The van der Waals surface area contributed by atoms with E-state index in [1.807, 2.05) is 0 Å². The van der Waals surface area contributed by atoms with Crippen LogP contribution in [0, 0.1) is 5.92 Å². The first-order valence-corrected chi connectivity index (χ1v) is 8.33. The van der Waals surface area contributed by atoms with Crippen LogP contribution < -0.4 is 0 Å². The Kier molecular flexibility index (Phi) is 8.05. The number of hydrogen-bond acceptors (Lipinski definition) is 4. The van der Waals surface area contributed by atoms with Crippen molar-refractivity contribution in [1.29, 1.82) is 0 Å². The monoisotopic (exact) mass is 582 g/mol. The van der Waals surface area contributed by atoms with Crippen molar-refractivity contribution >= 4 is 0 Å². The van der Waals surface area contributed by atoms with E-state index in [1.54, 1.807) is 4.74 Å². The van der Waals surface area contributed by atoms with Gasteiger partial charge in [-0.25, -0.2) is 27.4 Å². The normalized spacial score (nSPS) is 24.8. The molecule has 0 bridgehead atoms. The molecule has 22 heteroatoms. The minimum Gasteiger partial charge on any atom is -0.269 e. The fraction of sp³-hybridized carbons (Fsp3) is 0.857. The molecule has 0 aromatic rings. The number of hydrogen-bond donors (Lipinski definition) is 0. The first-order valence-electron chi connectivity index (χ1n) is 8.33. The minimum atomic E-state index is -7.60. The fourth-order valence-electron chi connectivity index (χ4n) is 2.27. The Morgan fingerprint density at radius 3 is 1.22 bits per heavy atom. The van der Waals surface area contributed by atoms with Crippen LogP contribution in [-0.4, -0.2) is 54.8 Å². The van der Waals surface area contributed by atoms with Gasteiger partial charge in [-0.15, -0.1) is 13.2 Å². The summed E-state index contributed by atoms with van der Waals surface area (Å²) in [6.07, 6.45) is -51.6. The Bertz CT molecular complexity index is 821. The molecule has 4 nitrogen and oxygen atoms in total. The van der Waals surface area contributed by atoms with E-state index in [9.17, 15) is 79.0 Å². The number of ether oxygens (including phenoxy) is 4. The van der Waals surface area contributed by atoms with Crippen molar-refractivity contribution in [2.75, 3.05) is 0 Å². The van der Waals surface area contributed by atoms with Crippen LogP contribution in [0.25, 0.3) is 0 Å². The smallest absolute Gasteiger partial charge is 0.269 e. The Morgan fingerprint density at radius 1 is 0.583 bits per heavy atom. The van der Waals surface area contributed by atoms with E-state index in [0.29, 0.717) is 6.08 Å². The topological polar surface area (TPSA) is 36.9 Å². The maximum atomic E-state index is 14.2. The number of allylic oxidation sites excluding steroid dienone is 1. The van der Waals surface area contributed by atoms with Crippen molar-refractivity contribution in [1.82, 2.24) is 0 Å². The predicted octanol–water partition coefficient (Wildman–Crippen LogP) is 7.03. The van der Waals surface area contributed by atoms with Gasteiger partial charge in [-0.05, 0) is 6.92 Å². The predicted molar refractivity (Wildman–Crippen MR) is 71.8 cm³/mol. The van der Waals surface area contributed by atoms with Crippen molar-refractivity contribution in [3.05, 3.63) is 12.2 Å². The van der Waals surface area contributed by atoms with Gasteiger partial charge in [0.25, 0.3) is 5.85 Å². The van der Waals surface area contributed by atoms with Gasteiger partial charge in [-0.1, -0.05) is 12.2 Å². The van der Waals surface area contributed by atoms with Crippen LogP contribution in [-0.2, 0) is 18.9 Å².